The van der Waals surface area contributed by atoms with Crippen LogP contribution < -0.4 is 5.32 Å². The zero-order chi connectivity index (χ0) is 14.9. The molecule has 0 heterocycles. The molecule has 110 valence electrons. The van der Waals surface area contributed by atoms with Crippen molar-refractivity contribution in [1.82, 2.24) is 5.32 Å². The molecule has 1 aromatic carbocycles. The lowest BCUT2D eigenvalue weighted by Crippen LogP contribution is -2.62. The first-order valence-electron chi connectivity index (χ1n) is 6.73. The Hall–Kier alpha value is -0.580. The molecular weight excluding hydrogens is 342 g/mol. The lowest BCUT2D eigenvalue weighted by Gasteiger charge is -2.51. The van der Waals surface area contributed by atoms with Crippen LogP contribution in [-0.2, 0) is 4.74 Å². The molecule has 0 bridgehead atoms. The van der Waals surface area contributed by atoms with E-state index in [1.165, 1.54) is 0 Å². The molecule has 2 atom stereocenters. The van der Waals surface area contributed by atoms with Crippen LogP contribution in [0.4, 0.5) is 0 Å². The molecule has 1 fully saturated rings. The third kappa shape index (κ3) is 3.02. The second-order valence-corrected chi connectivity index (χ2v) is 6.94. The molecular formula is C15H19BrClNO2. The van der Waals surface area contributed by atoms with Gasteiger partial charge in [-0.1, -0.05) is 25.4 Å². The van der Waals surface area contributed by atoms with E-state index in [9.17, 15) is 4.79 Å². The summed E-state index contributed by atoms with van der Waals surface area (Å²) in [5.41, 5.74) is 0.565. The van der Waals surface area contributed by atoms with E-state index in [2.05, 4.69) is 35.1 Å². The largest absolute Gasteiger partial charge is 0.378 e. The van der Waals surface area contributed by atoms with Gasteiger partial charge < -0.3 is 10.1 Å². The third-order valence-corrected chi connectivity index (χ3v) is 4.92. The predicted molar refractivity (Wildman–Crippen MR) is 84.2 cm³/mol. The highest BCUT2D eigenvalue weighted by molar-refractivity contribution is 9.10. The van der Waals surface area contributed by atoms with Gasteiger partial charge in [0.05, 0.1) is 11.7 Å². The lowest BCUT2D eigenvalue weighted by molar-refractivity contribution is -0.111. The summed E-state index contributed by atoms with van der Waals surface area (Å²) in [6.45, 7) is 6.95. The summed E-state index contributed by atoms with van der Waals surface area (Å²) in [5, 5.41) is 3.68. The molecule has 5 heteroatoms. The number of amides is 1. The summed E-state index contributed by atoms with van der Waals surface area (Å²) in [6.07, 6.45) is 1.07. The number of carbonyl (C=O) groups is 1. The fourth-order valence-corrected chi connectivity index (χ4v) is 3.39. The number of halogens is 2. The molecule has 1 saturated carbocycles. The Bertz CT molecular complexity index is 519. The van der Waals surface area contributed by atoms with Crippen LogP contribution >= 0.6 is 27.5 Å². The molecule has 1 amide bonds. The fraction of sp³-hybridized carbons (Fsp3) is 0.533. The molecule has 1 aromatic rings. The second kappa shape index (κ2) is 6.04. The van der Waals surface area contributed by atoms with Crippen molar-refractivity contribution in [2.75, 3.05) is 6.61 Å². The van der Waals surface area contributed by atoms with E-state index in [-0.39, 0.29) is 23.5 Å². The summed E-state index contributed by atoms with van der Waals surface area (Å²) in [6, 6.07) is 5.31. The van der Waals surface area contributed by atoms with Gasteiger partial charge in [0, 0.05) is 27.6 Å². The van der Waals surface area contributed by atoms with E-state index < -0.39 is 0 Å². The highest BCUT2D eigenvalue weighted by atomic mass is 79.9. The van der Waals surface area contributed by atoms with Crippen molar-refractivity contribution >= 4 is 33.4 Å². The van der Waals surface area contributed by atoms with Gasteiger partial charge in [-0.25, -0.2) is 0 Å². The van der Waals surface area contributed by atoms with Crippen LogP contribution in [0.1, 0.15) is 37.6 Å². The Morgan fingerprint density at radius 2 is 2.25 bits per heavy atom. The van der Waals surface area contributed by atoms with Crippen molar-refractivity contribution in [3.8, 4) is 0 Å². The van der Waals surface area contributed by atoms with E-state index >= 15 is 0 Å². The number of rotatable bonds is 4. The summed E-state index contributed by atoms with van der Waals surface area (Å²) in [7, 11) is 0. The van der Waals surface area contributed by atoms with Gasteiger partial charge >= 0.3 is 0 Å². The minimum absolute atomic E-state index is 0.0371. The highest BCUT2D eigenvalue weighted by Crippen LogP contribution is 2.42. The zero-order valence-corrected chi connectivity index (χ0v) is 14.2. The van der Waals surface area contributed by atoms with Gasteiger partial charge in [-0.3, -0.25) is 4.79 Å². The Morgan fingerprint density at radius 3 is 2.80 bits per heavy atom. The van der Waals surface area contributed by atoms with E-state index in [0.717, 1.165) is 6.42 Å². The van der Waals surface area contributed by atoms with Crippen LogP contribution in [0.5, 0.6) is 0 Å². The van der Waals surface area contributed by atoms with Crippen LogP contribution in [0.25, 0.3) is 0 Å². The summed E-state index contributed by atoms with van der Waals surface area (Å²) in [5.74, 6) is -0.0819. The van der Waals surface area contributed by atoms with Crippen LogP contribution in [0.2, 0.25) is 5.02 Å². The van der Waals surface area contributed by atoms with E-state index in [4.69, 9.17) is 16.3 Å². The van der Waals surface area contributed by atoms with Crippen molar-refractivity contribution < 1.29 is 9.53 Å². The van der Waals surface area contributed by atoms with Gasteiger partial charge in [0.15, 0.2) is 0 Å². The molecule has 2 unspecified atom stereocenters. The molecule has 20 heavy (non-hydrogen) atoms. The number of ether oxygens (including phenoxy) is 1. The van der Waals surface area contributed by atoms with Crippen molar-refractivity contribution in [3.63, 3.8) is 0 Å². The predicted octanol–water partition coefficient (Wildman–Crippen LogP) is 4.04. The molecule has 2 rings (SSSR count). The average molecular weight is 361 g/mol. The van der Waals surface area contributed by atoms with Crippen molar-refractivity contribution in [3.05, 3.63) is 33.3 Å². The Labute approximate surface area is 133 Å². The lowest BCUT2D eigenvalue weighted by atomic mass is 9.64. The van der Waals surface area contributed by atoms with Crippen molar-refractivity contribution in [2.45, 2.75) is 39.3 Å². The molecule has 3 nitrogen and oxygen atoms in total. The summed E-state index contributed by atoms with van der Waals surface area (Å²) < 4.78 is 6.38. The average Bonchev–Trinajstić information content (AvgIpc) is 2.37. The standard InChI is InChI=1S/C15H19BrClNO2/c1-4-20-13-8-12(15(13,2)3)18-14(19)10-6-5-9(17)7-11(10)16/h5-7,12-13H,4,8H2,1-3H3,(H,18,19). The SMILES string of the molecule is CCOC1CC(NC(=O)c2ccc(Cl)cc2Br)C1(C)C. The van der Waals surface area contributed by atoms with Gasteiger partial charge in [-0.2, -0.15) is 0 Å². The van der Waals surface area contributed by atoms with Crippen LogP contribution in [0.15, 0.2) is 22.7 Å². The molecule has 0 radical (unpaired) electrons. The van der Waals surface area contributed by atoms with Crippen LogP contribution in [0.3, 0.4) is 0 Å². The maximum absolute atomic E-state index is 12.3. The minimum Gasteiger partial charge on any atom is -0.378 e. The minimum atomic E-state index is -0.0819. The number of hydrogen-bond donors (Lipinski definition) is 1. The van der Waals surface area contributed by atoms with Crippen LogP contribution in [-0.4, -0.2) is 24.7 Å². The number of benzene rings is 1. The fourth-order valence-electron chi connectivity index (χ4n) is 2.52. The van der Waals surface area contributed by atoms with E-state index in [1.807, 2.05) is 6.92 Å². The molecule has 0 aromatic heterocycles. The number of carbonyl (C=O) groups excluding carboxylic acids is 1. The maximum atomic E-state index is 12.3. The van der Waals surface area contributed by atoms with Crippen molar-refractivity contribution in [1.29, 1.82) is 0 Å². The number of nitrogens with one attached hydrogen (secondary N) is 1. The smallest absolute Gasteiger partial charge is 0.252 e. The van der Waals surface area contributed by atoms with Gasteiger partial charge in [-0.05, 0) is 47.5 Å². The highest BCUT2D eigenvalue weighted by Gasteiger charge is 2.49. The topological polar surface area (TPSA) is 38.3 Å². The first-order chi connectivity index (χ1) is 9.36. The normalized spacial score (nSPS) is 24.1. The quantitative estimate of drug-likeness (QED) is 0.880. The van der Waals surface area contributed by atoms with Gasteiger partial charge in [-0.15, -0.1) is 0 Å². The van der Waals surface area contributed by atoms with E-state index in [0.29, 0.717) is 21.7 Å². The Kier molecular flexibility index (Phi) is 4.77. The molecule has 0 spiro atoms. The first kappa shape index (κ1) is 15.8. The summed E-state index contributed by atoms with van der Waals surface area (Å²) >= 11 is 9.26. The van der Waals surface area contributed by atoms with Gasteiger partial charge in [0.2, 0.25) is 0 Å². The van der Waals surface area contributed by atoms with Crippen molar-refractivity contribution in [2.24, 2.45) is 5.41 Å². The molecule has 0 aliphatic heterocycles. The third-order valence-electron chi connectivity index (χ3n) is 4.03. The van der Waals surface area contributed by atoms with Gasteiger partial charge in [0.1, 0.15) is 0 Å². The van der Waals surface area contributed by atoms with Gasteiger partial charge in [0.25, 0.3) is 5.91 Å². The van der Waals surface area contributed by atoms with Crippen LogP contribution in [0, 0.1) is 5.41 Å². The Balaban J connectivity index is 2.03. The second-order valence-electron chi connectivity index (χ2n) is 5.65. The van der Waals surface area contributed by atoms with E-state index in [1.54, 1.807) is 18.2 Å². The Morgan fingerprint density at radius 1 is 1.55 bits per heavy atom. The monoisotopic (exact) mass is 359 g/mol. The first-order valence-corrected chi connectivity index (χ1v) is 7.91. The summed E-state index contributed by atoms with van der Waals surface area (Å²) in [4.78, 5) is 12.3. The zero-order valence-electron chi connectivity index (χ0n) is 11.9. The maximum Gasteiger partial charge on any atom is 0.252 e. The molecule has 1 aliphatic carbocycles. The molecule has 1 aliphatic rings. The molecule has 0 saturated heterocycles. The number of hydrogen-bond acceptors (Lipinski definition) is 2. The molecule has 1 N–H and O–H groups in total.